The second-order valence-corrected chi connectivity index (χ2v) is 8.09. The van der Waals surface area contributed by atoms with Crippen molar-refractivity contribution in [2.45, 2.75) is 26.3 Å². The number of amides is 1. The maximum Gasteiger partial charge on any atom is 0.295 e. The van der Waals surface area contributed by atoms with E-state index in [1.54, 1.807) is 48.4 Å². The average Bonchev–Trinajstić information content (AvgIpc) is 3.07. The van der Waals surface area contributed by atoms with Crippen LogP contribution in [-0.4, -0.2) is 59.9 Å². The molecule has 7 heteroatoms. The van der Waals surface area contributed by atoms with Gasteiger partial charge < -0.3 is 19.6 Å². The zero-order valence-electron chi connectivity index (χ0n) is 18.7. The number of Topliss-reactive ketones (excluding diaryl/α,β-unsaturated/α-hetero) is 1. The van der Waals surface area contributed by atoms with E-state index in [-0.39, 0.29) is 11.3 Å². The molecule has 1 unspecified atom stereocenters. The van der Waals surface area contributed by atoms with E-state index in [1.165, 1.54) is 0 Å². The normalized spacial score (nSPS) is 17.9. The molecule has 1 N–H and O–H groups in total. The Hall–Kier alpha value is -2.83. The highest BCUT2D eigenvalue weighted by Gasteiger charge is 2.45. The van der Waals surface area contributed by atoms with Gasteiger partial charge in [-0.05, 0) is 68.0 Å². The molecular formula is C25H29ClN2O4. The molecule has 6 nitrogen and oxygen atoms in total. The minimum atomic E-state index is -0.680. The van der Waals surface area contributed by atoms with Crippen molar-refractivity contribution < 1.29 is 19.4 Å². The minimum Gasteiger partial charge on any atom is -0.507 e. The third kappa shape index (κ3) is 4.97. The molecule has 0 radical (unpaired) electrons. The van der Waals surface area contributed by atoms with Gasteiger partial charge in [0.15, 0.2) is 0 Å². The van der Waals surface area contributed by atoms with Crippen LogP contribution >= 0.6 is 11.6 Å². The summed E-state index contributed by atoms with van der Waals surface area (Å²) in [7, 11) is 1.58. The number of carbonyl (C=O) groups is 2. The number of carbonyl (C=O) groups excluding carboxylic acids is 2. The monoisotopic (exact) mass is 456 g/mol. The molecule has 1 aliphatic heterocycles. The van der Waals surface area contributed by atoms with Gasteiger partial charge in [-0.2, -0.15) is 0 Å². The second kappa shape index (κ2) is 10.7. The molecule has 3 rings (SSSR count). The van der Waals surface area contributed by atoms with Crippen LogP contribution in [0.25, 0.3) is 5.76 Å². The Labute approximate surface area is 194 Å². The van der Waals surface area contributed by atoms with Gasteiger partial charge in [-0.1, -0.05) is 37.6 Å². The molecule has 1 amide bonds. The number of aliphatic hydroxyl groups is 1. The van der Waals surface area contributed by atoms with Gasteiger partial charge in [-0.25, -0.2) is 0 Å². The number of likely N-dealkylation sites (tertiary alicyclic amines) is 1. The molecule has 0 saturated carbocycles. The van der Waals surface area contributed by atoms with E-state index in [9.17, 15) is 14.7 Å². The van der Waals surface area contributed by atoms with E-state index in [4.69, 9.17) is 16.3 Å². The van der Waals surface area contributed by atoms with Crippen LogP contribution in [0.1, 0.15) is 37.4 Å². The summed E-state index contributed by atoms with van der Waals surface area (Å²) in [6.07, 6.45) is 0.725. The van der Waals surface area contributed by atoms with Crippen LogP contribution in [0.4, 0.5) is 0 Å². The van der Waals surface area contributed by atoms with Crippen molar-refractivity contribution >= 4 is 29.1 Å². The SMILES string of the molecule is CCN(CC)CCCN1C(=O)C(=O)/C(=C(/O)c2ccc(Cl)cc2)C1c1ccc(OC)cc1. The van der Waals surface area contributed by atoms with Gasteiger partial charge in [-0.3, -0.25) is 9.59 Å². The lowest BCUT2D eigenvalue weighted by Gasteiger charge is -2.27. The summed E-state index contributed by atoms with van der Waals surface area (Å²) in [5.41, 5.74) is 1.27. The zero-order valence-corrected chi connectivity index (χ0v) is 19.4. The number of benzene rings is 2. The molecule has 2 aromatic carbocycles. The molecule has 1 aliphatic rings. The van der Waals surface area contributed by atoms with Gasteiger partial charge in [0.1, 0.15) is 11.5 Å². The van der Waals surface area contributed by atoms with Crippen LogP contribution in [0, 0.1) is 0 Å². The lowest BCUT2D eigenvalue weighted by Crippen LogP contribution is -2.33. The first-order valence-corrected chi connectivity index (χ1v) is 11.2. The molecule has 1 atom stereocenters. The fraction of sp³-hybridized carbons (Fsp3) is 0.360. The Kier molecular flexibility index (Phi) is 7.94. The molecule has 0 aromatic heterocycles. The average molecular weight is 457 g/mol. The van der Waals surface area contributed by atoms with Crippen molar-refractivity contribution in [1.82, 2.24) is 9.80 Å². The van der Waals surface area contributed by atoms with E-state index in [2.05, 4.69) is 18.7 Å². The van der Waals surface area contributed by atoms with Crippen molar-refractivity contribution in [1.29, 1.82) is 0 Å². The molecule has 170 valence electrons. The number of hydrogen-bond acceptors (Lipinski definition) is 5. The molecule has 0 spiro atoms. The number of nitrogens with zero attached hydrogens (tertiary/aromatic N) is 2. The molecule has 32 heavy (non-hydrogen) atoms. The summed E-state index contributed by atoms with van der Waals surface area (Å²) in [6.45, 7) is 7.28. The van der Waals surface area contributed by atoms with Crippen LogP contribution in [0.5, 0.6) is 5.75 Å². The number of ketones is 1. The van der Waals surface area contributed by atoms with Gasteiger partial charge in [0.05, 0.1) is 18.7 Å². The largest absolute Gasteiger partial charge is 0.507 e. The summed E-state index contributed by atoms with van der Waals surface area (Å²) >= 11 is 5.97. The number of hydrogen-bond donors (Lipinski definition) is 1. The first kappa shape index (κ1) is 23.8. The summed E-state index contributed by atoms with van der Waals surface area (Å²) in [6, 6.07) is 13.1. The highest BCUT2D eigenvalue weighted by atomic mass is 35.5. The van der Waals surface area contributed by atoms with E-state index in [0.717, 1.165) is 31.6 Å². The fourth-order valence-corrected chi connectivity index (χ4v) is 4.14. The van der Waals surface area contributed by atoms with Crippen molar-refractivity contribution in [3.8, 4) is 5.75 Å². The van der Waals surface area contributed by atoms with Crippen molar-refractivity contribution in [2.24, 2.45) is 0 Å². The predicted octanol–water partition coefficient (Wildman–Crippen LogP) is 4.50. The molecule has 1 fully saturated rings. The van der Waals surface area contributed by atoms with E-state index < -0.39 is 17.7 Å². The molecule has 2 aromatic rings. The lowest BCUT2D eigenvalue weighted by molar-refractivity contribution is -0.140. The zero-order chi connectivity index (χ0) is 23.3. The van der Waals surface area contributed by atoms with Crippen LogP contribution in [0.2, 0.25) is 5.02 Å². The van der Waals surface area contributed by atoms with Crippen molar-refractivity contribution in [2.75, 3.05) is 33.3 Å². The molecule has 1 saturated heterocycles. The summed E-state index contributed by atoms with van der Waals surface area (Å²) in [4.78, 5) is 29.9. The van der Waals surface area contributed by atoms with Gasteiger partial charge in [-0.15, -0.1) is 0 Å². The number of methoxy groups -OCH3 is 1. The van der Waals surface area contributed by atoms with Crippen molar-refractivity contribution in [3.05, 3.63) is 70.3 Å². The van der Waals surface area contributed by atoms with Crippen LogP contribution in [0.3, 0.4) is 0 Å². The topological polar surface area (TPSA) is 70.1 Å². The third-order valence-corrected chi connectivity index (χ3v) is 6.11. The maximum atomic E-state index is 13.0. The Morgan fingerprint density at radius 1 is 1.06 bits per heavy atom. The van der Waals surface area contributed by atoms with E-state index in [0.29, 0.717) is 22.9 Å². The Morgan fingerprint density at radius 2 is 1.69 bits per heavy atom. The first-order chi connectivity index (χ1) is 15.4. The summed E-state index contributed by atoms with van der Waals surface area (Å²) in [5, 5.41) is 11.6. The molecule has 1 heterocycles. The highest BCUT2D eigenvalue weighted by Crippen LogP contribution is 2.40. The first-order valence-electron chi connectivity index (χ1n) is 10.8. The third-order valence-electron chi connectivity index (χ3n) is 5.86. The standard InChI is InChI=1S/C25H29ClN2O4/c1-4-27(5-2)15-6-16-28-22(17-9-13-20(32-3)14-10-17)21(24(30)25(28)31)23(29)18-7-11-19(26)12-8-18/h7-14,22,29H,4-6,15-16H2,1-3H3/b23-21+. The quantitative estimate of drug-likeness (QED) is 0.341. The van der Waals surface area contributed by atoms with Crippen molar-refractivity contribution in [3.63, 3.8) is 0 Å². The number of aliphatic hydroxyl groups excluding tert-OH is 1. The second-order valence-electron chi connectivity index (χ2n) is 7.65. The van der Waals surface area contributed by atoms with Gasteiger partial charge in [0.2, 0.25) is 0 Å². The van der Waals surface area contributed by atoms with E-state index in [1.807, 2.05) is 12.1 Å². The van der Waals surface area contributed by atoms with Crippen LogP contribution < -0.4 is 4.74 Å². The molecule has 0 bridgehead atoms. The number of rotatable bonds is 9. The van der Waals surface area contributed by atoms with Crippen LogP contribution in [0.15, 0.2) is 54.1 Å². The van der Waals surface area contributed by atoms with Crippen LogP contribution in [-0.2, 0) is 9.59 Å². The predicted molar refractivity (Wildman–Crippen MR) is 126 cm³/mol. The smallest absolute Gasteiger partial charge is 0.295 e. The Morgan fingerprint density at radius 3 is 2.25 bits per heavy atom. The summed E-state index contributed by atoms with van der Waals surface area (Å²) < 4.78 is 5.24. The number of halogens is 1. The fourth-order valence-electron chi connectivity index (χ4n) is 4.01. The van der Waals surface area contributed by atoms with Gasteiger partial charge in [0, 0.05) is 17.1 Å². The van der Waals surface area contributed by atoms with Gasteiger partial charge in [0.25, 0.3) is 11.7 Å². The van der Waals surface area contributed by atoms with E-state index >= 15 is 0 Å². The van der Waals surface area contributed by atoms with Gasteiger partial charge >= 0.3 is 0 Å². The Balaban J connectivity index is 2.01. The Bertz CT molecular complexity index is 982. The molecular weight excluding hydrogens is 428 g/mol. The summed E-state index contributed by atoms with van der Waals surface area (Å²) in [5.74, 6) is -0.806. The number of ether oxygens (including phenoxy) is 1. The minimum absolute atomic E-state index is 0.0883. The lowest BCUT2D eigenvalue weighted by atomic mass is 9.95. The maximum absolute atomic E-state index is 13.0. The molecule has 0 aliphatic carbocycles. The highest BCUT2D eigenvalue weighted by molar-refractivity contribution is 6.46.